The number of nitrogens with one attached hydrogen (secondary N) is 4. The number of esters is 1. The predicted octanol–water partition coefficient (Wildman–Crippen LogP) is 4.53. The average molecular weight is 768 g/mol. The molecule has 0 spiro atoms. The lowest BCUT2D eigenvalue weighted by Gasteiger charge is -2.34. The van der Waals surface area contributed by atoms with E-state index in [-0.39, 0.29) is 54.8 Å². The van der Waals surface area contributed by atoms with E-state index >= 15 is 0 Å². The molecular weight excluding hydrogens is 702 g/mol. The van der Waals surface area contributed by atoms with Crippen LogP contribution < -0.4 is 21.3 Å². The monoisotopic (exact) mass is 767 g/mol. The van der Waals surface area contributed by atoms with Crippen molar-refractivity contribution in [3.05, 3.63) is 35.9 Å². The SMILES string of the molecule is CCCC(NC(=O)[C@@H]1[C@H]2CCCC2CN1C(=O)C(NC(=O)[C@@H](NC(=O)CCCCC(=O)OC(C)(C)C)C(C)C)C(C)C)C(=O)C(=O)N[C@@H](C)c1ccccc1. The summed E-state index contributed by atoms with van der Waals surface area (Å²) in [6, 6.07) is 5.04. The maximum Gasteiger partial charge on any atom is 0.306 e. The predicted molar refractivity (Wildman–Crippen MR) is 209 cm³/mol. The summed E-state index contributed by atoms with van der Waals surface area (Å²) in [5.41, 5.74) is 0.260. The standard InChI is InChI=1S/C42H65N5O8/c1-10-17-31(37(50)40(53)43-27(6)28-18-12-11-13-19-28)44-39(52)36-30-21-16-20-29(30)24-47(36)41(54)35(26(4)5)46-38(51)34(25(2)3)45-32(48)22-14-15-23-33(49)55-42(7,8)9/h11-13,18-19,25-27,29-31,34-36H,10,14-17,20-24H2,1-9H3,(H,43,53)(H,44,52)(H,45,48)(H,46,51)/t27-,29?,30-,31?,34-,35?,36-/m0/s1. The maximum absolute atomic E-state index is 14.4. The van der Waals surface area contributed by atoms with Gasteiger partial charge in [-0.3, -0.25) is 33.6 Å². The van der Waals surface area contributed by atoms with Crippen LogP contribution in [0.2, 0.25) is 0 Å². The maximum atomic E-state index is 14.4. The van der Waals surface area contributed by atoms with Gasteiger partial charge >= 0.3 is 5.97 Å². The normalized spacial score (nSPS) is 20.2. The molecule has 5 amide bonds. The molecule has 1 saturated carbocycles. The Labute approximate surface area is 327 Å². The first-order valence-electron chi connectivity index (χ1n) is 20.2. The van der Waals surface area contributed by atoms with E-state index in [2.05, 4.69) is 21.3 Å². The fourth-order valence-corrected chi connectivity index (χ4v) is 7.60. The smallest absolute Gasteiger partial charge is 0.306 e. The van der Waals surface area contributed by atoms with Crippen molar-refractivity contribution in [2.24, 2.45) is 23.7 Å². The van der Waals surface area contributed by atoms with Gasteiger partial charge < -0.3 is 30.9 Å². The van der Waals surface area contributed by atoms with Crippen molar-refractivity contribution in [3.8, 4) is 0 Å². The summed E-state index contributed by atoms with van der Waals surface area (Å²) in [7, 11) is 0. The Kier molecular flexibility index (Phi) is 16.9. The Morgan fingerprint density at radius 2 is 1.45 bits per heavy atom. The van der Waals surface area contributed by atoms with Crippen LogP contribution in [0.3, 0.4) is 0 Å². The van der Waals surface area contributed by atoms with Gasteiger partial charge in [-0.1, -0.05) is 77.8 Å². The van der Waals surface area contributed by atoms with Crippen molar-refractivity contribution in [2.45, 2.75) is 156 Å². The molecule has 4 N–H and O–H groups in total. The number of unbranched alkanes of at least 4 members (excludes halogenated alkanes) is 1. The number of nitrogens with zero attached hydrogens (tertiary/aromatic N) is 1. The summed E-state index contributed by atoms with van der Waals surface area (Å²) in [6.07, 6.45) is 4.51. The second-order valence-electron chi connectivity index (χ2n) is 16.9. The summed E-state index contributed by atoms with van der Waals surface area (Å²) in [6.45, 7) is 16.6. The Morgan fingerprint density at radius 3 is 2.05 bits per heavy atom. The van der Waals surface area contributed by atoms with Gasteiger partial charge in [0.1, 0.15) is 23.7 Å². The van der Waals surface area contributed by atoms with E-state index in [9.17, 15) is 33.6 Å². The zero-order chi connectivity index (χ0) is 41.0. The molecule has 13 heteroatoms. The van der Waals surface area contributed by atoms with Gasteiger partial charge in [0, 0.05) is 19.4 Å². The van der Waals surface area contributed by atoms with Gasteiger partial charge in [0.25, 0.3) is 5.91 Å². The third-order valence-corrected chi connectivity index (χ3v) is 10.5. The lowest BCUT2D eigenvalue weighted by Crippen LogP contribution is -2.60. The van der Waals surface area contributed by atoms with E-state index in [1.165, 1.54) is 0 Å². The molecule has 1 saturated heterocycles. The lowest BCUT2D eigenvalue weighted by molar-refractivity contribution is -0.155. The summed E-state index contributed by atoms with van der Waals surface area (Å²) in [5.74, 6) is -4.25. The molecule has 0 aromatic heterocycles. The molecule has 306 valence electrons. The number of fused-ring (bicyclic) bond motifs is 1. The second-order valence-corrected chi connectivity index (χ2v) is 16.9. The molecule has 13 nitrogen and oxygen atoms in total. The summed E-state index contributed by atoms with van der Waals surface area (Å²) in [4.78, 5) is 95.3. The van der Waals surface area contributed by atoms with E-state index in [1.807, 2.05) is 51.1 Å². The summed E-state index contributed by atoms with van der Waals surface area (Å²) >= 11 is 0. The highest BCUT2D eigenvalue weighted by Gasteiger charge is 2.51. The Balaban J connectivity index is 1.69. The Hall–Kier alpha value is -4.29. The molecule has 0 radical (unpaired) electrons. The number of ketones is 1. The molecule has 1 heterocycles. The number of Topliss-reactive ketones (excluding diaryl/α,β-unsaturated/α-hetero) is 1. The van der Waals surface area contributed by atoms with Gasteiger partial charge in [0.2, 0.25) is 29.4 Å². The molecule has 1 aromatic rings. The number of benzene rings is 1. The third kappa shape index (κ3) is 13.2. The molecule has 3 unspecified atom stereocenters. The van der Waals surface area contributed by atoms with Crippen LogP contribution in [0.25, 0.3) is 0 Å². The number of carbonyl (C=O) groups excluding carboxylic acids is 7. The molecular formula is C42H65N5O8. The molecule has 2 aliphatic rings. The van der Waals surface area contributed by atoms with Crippen molar-refractivity contribution in [1.82, 2.24) is 26.2 Å². The van der Waals surface area contributed by atoms with E-state index in [0.29, 0.717) is 25.8 Å². The first kappa shape index (κ1) is 45.1. The Bertz CT molecular complexity index is 1510. The summed E-state index contributed by atoms with van der Waals surface area (Å²) < 4.78 is 5.32. The summed E-state index contributed by atoms with van der Waals surface area (Å²) in [5, 5.41) is 11.3. The second kappa shape index (κ2) is 20.6. The van der Waals surface area contributed by atoms with Crippen LogP contribution in [0.15, 0.2) is 30.3 Å². The van der Waals surface area contributed by atoms with Gasteiger partial charge in [-0.2, -0.15) is 0 Å². The van der Waals surface area contributed by atoms with Gasteiger partial charge in [-0.05, 0) is 89.0 Å². The largest absolute Gasteiger partial charge is 0.460 e. The number of carbonyl (C=O) groups is 7. The number of rotatable bonds is 19. The number of ether oxygens (including phenoxy) is 1. The van der Waals surface area contributed by atoms with E-state index < -0.39 is 65.2 Å². The van der Waals surface area contributed by atoms with Gasteiger partial charge in [0.05, 0.1) is 12.1 Å². The quantitative estimate of drug-likeness (QED) is 0.0901. The van der Waals surface area contributed by atoms with Crippen LogP contribution in [0.1, 0.15) is 132 Å². The van der Waals surface area contributed by atoms with Crippen LogP contribution in [0.4, 0.5) is 0 Å². The van der Waals surface area contributed by atoms with Crippen LogP contribution in [0.5, 0.6) is 0 Å². The minimum atomic E-state index is -1.06. The first-order chi connectivity index (χ1) is 25.8. The zero-order valence-electron chi connectivity index (χ0n) is 34.4. The van der Waals surface area contributed by atoms with Crippen molar-refractivity contribution in [2.75, 3.05) is 6.54 Å². The molecule has 7 atom stereocenters. The lowest BCUT2D eigenvalue weighted by atomic mass is 9.92. The topological polar surface area (TPSA) is 180 Å². The molecule has 55 heavy (non-hydrogen) atoms. The number of amides is 5. The van der Waals surface area contributed by atoms with Crippen LogP contribution >= 0.6 is 0 Å². The van der Waals surface area contributed by atoms with Crippen molar-refractivity contribution < 1.29 is 38.3 Å². The first-order valence-corrected chi connectivity index (χ1v) is 20.2. The highest BCUT2D eigenvalue weighted by molar-refractivity contribution is 6.38. The third-order valence-electron chi connectivity index (χ3n) is 10.5. The van der Waals surface area contributed by atoms with Gasteiger partial charge in [0.15, 0.2) is 0 Å². The van der Waals surface area contributed by atoms with Crippen molar-refractivity contribution >= 4 is 41.3 Å². The van der Waals surface area contributed by atoms with E-state index in [4.69, 9.17) is 4.74 Å². The minimum Gasteiger partial charge on any atom is -0.460 e. The van der Waals surface area contributed by atoms with Crippen molar-refractivity contribution in [3.63, 3.8) is 0 Å². The minimum absolute atomic E-state index is 0.0941. The van der Waals surface area contributed by atoms with Crippen LogP contribution in [-0.4, -0.2) is 82.5 Å². The molecule has 1 aliphatic heterocycles. The molecule has 3 rings (SSSR count). The van der Waals surface area contributed by atoms with E-state index in [1.54, 1.807) is 46.4 Å². The number of hydrogen-bond donors (Lipinski definition) is 4. The fraction of sp³-hybridized carbons (Fsp3) is 0.690. The van der Waals surface area contributed by atoms with Crippen LogP contribution in [-0.2, 0) is 38.3 Å². The molecule has 0 bridgehead atoms. The fourth-order valence-electron chi connectivity index (χ4n) is 7.60. The molecule has 1 aromatic carbocycles. The molecule has 1 aliphatic carbocycles. The molecule has 2 fully saturated rings. The highest BCUT2D eigenvalue weighted by Crippen LogP contribution is 2.42. The number of likely N-dealkylation sites (tertiary alicyclic amines) is 1. The Morgan fingerprint density at radius 1 is 0.818 bits per heavy atom. The highest BCUT2D eigenvalue weighted by atomic mass is 16.6. The number of hydrogen-bond acceptors (Lipinski definition) is 8. The van der Waals surface area contributed by atoms with Gasteiger partial charge in [-0.15, -0.1) is 0 Å². The zero-order valence-corrected chi connectivity index (χ0v) is 34.4. The van der Waals surface area contributed by atoms with Gasteiger partial charge in [-0.25, -0.2) is 0 Å². The van der Waals surface area contributed by atoms with Crippen molar-refractivity contribution in [1.29, 1.82) is 0 Å². The van der Waals surface area contributed by atoms with E-state index in [0.717, 1.165) is 24.8 Å². The average Bonchev–Trinajstić information content (AvgIpc) is 3.72. The van der Waals surface area contributed by atoms with Crippen LogP contribution in [0, 0.1) is 23.7 Å².